The number of hydrogen-bond donors (Lipinski definition) is 2. The molecule has 1 aromatic heterocycles. The first-order valence-electron chi connectivity index (χ1n) is 4.75. The van der Waals surface area contributed by atoms with Crippen molar-refractivity contribution in [2.24, 2.45) is 5.41 Å². The largest absolute Gasteiger partial charge is 0.396 e. The second-order valence-corrected chi connectivity index (χ2v) is 4.20. The molecule has 6 heteroatoms. The highest BCUT2D eigenvalue weighted by Gasteiger charge is 2.17. The number of aliphatic hydroxyl groups is 1. The van der Waals surface area contributed by atoms with Gasteiger partial charge in [-0.3, -0.25) is 4.79 Å². The molecule has 6 nitrogen and oxygen atoms in total. The normalized spacial score (nSPS) is 11.4. The molecule has 1 rings (SSSR count). The number of aliphatic hydroxyl groups excluding tert-OH is 1. The molecule has 0 aliphatic heterocycles. The maximum Gasteiger partial charge on any atom is 0.241 e. The van der Waals surface area contributed by atoms with E-state index in [9.17, 15) is 4.79 Å². The number of amides is 1. The first-order chi connectivity index (χ1) is 7.03. The molecule has 15 heavy (non-hydrogen) atoms. The average molecular weight is 212 g/mol. The van der Waals surface area contributed by atoms with Gasteiger partial charge in [0.15, 0.2) is 0 Å². The third kappa shape index (κ3) is 4.07. The Hall–Kier alpha value is -1.43. The summed E-state index contributed by atoms with van der Waals surface area (Å²) in [4.78, 5) is 11.4. The van der Waals surface area contributed by atoms with Crippen LogP contribution in [0.2, 0.25) is 0 Å². The Kier molecular flexibility index (Phi) is 3.79. The van der Waals surface area contributed by atoms with E-state index in [1.807, 2.05) is 13.8 Å². The molecule has 0 aliphatic rings. The lowest BCUT2D eigenvalue weighted by Crippen LogP contribution is -2.37. The maximum atomic E-state index is 11.4. The SMILES string of the molecule is CC(C)(CO)CNC(=O)Cn1ccnn1. The Morgan fingerprint density at radius 1 is 1.60 bits per heavy atom. The van der Waals surface area contributed by atoms with E-state index in [1.54, 1.807) is 6.20 Å². The summed E-state index contributed by atoms with van der Waals surface area (Å²) in [5, 5.41) is 19.0. The lowest BCUT2D eigenvalue weighted by molar-refractivity contribution is -0.122. The summed E-state index contributed by atoms with van der Waals surface area (Å²) < 4.78 is 1.45. The molecule has 0 unspecified atom stereocenters. The molecule has 1 amide bonds. The van der Waals surface area contributed by atoms with Crippen LogP contribution in [-0.2, 0) is 11.3 Å². The van der Waals surface area contributed by atoms with Crippen LogP contribution < -0.4 is 5.32 Å². The van der Waals surface area contributed by atoms with E-state index in [-0.39, 0.29) is 24.5 Å². The minimum atomic E-state index is -0.294. The van der Waals surface area contributed by atoms with Crippen LogP contribution in [0.3, 0.4) is 0 Å². The van der Waals surface area contributed by atoms with Gasteiger partial charge in [-0.2, -0.15) is 0 Å². The van der Waals surface area contributed by atoms with Crippen molar-refractivity contribution in [1.82, 2.24) is 20.3 Å². The van der Waals surface area contributed by atoms with Crippen LogP contribution in [0.4, 0.5) is 0 Å². The summed E-state index contributed by atoms with van der Waals surface area (Å²) in [5.41, 5.74) is -0.294. The molecular weight excluding hydrogens is 196 g/mol. The van der Waals surface area contributed by atoms with Crippen LogP contribution in [0.1, 0.15) is 13.8 Å². The summed E-state index contributed by atoms with van der Waals surface area (Å²) in [6.07, 6.45) is 3.14. The zero-order valence-electron chi connectivity index (χ0n) is 8.97. The fourth-order valence-corrected chi connectivity index (χ4v) is 0.914. The number of nitrogens with one attached hydrogen (secondary N) is 1. The quantitative estimate of drug-likeness (QED) is 0.684. The van der Waals surface area contributed by atoms with Gasteiger partial charge in [0, 0.05) is 24.8 Å². The Morgan fingerprint density at radius 3 is 2.87 bits per heavy atom. The summed E-state index contributed by atoms with van der Waals surface area (Å²) >= 11 is 0. The van der Waals surface area contributed by atoms with Crippen molar-refractivity contribution in [2.75, 3.05) is 13.2 Å². The summed E-state index contributed by atoms with van der Waals surface area (Å²) in [6, 6.07) is 0. The van der Waals surface area contributed by atoms with E-state index in [0.717, 1.165) is 0 Å². The van der Waals surface area contributed by atoms with Crippen molar-refractivity contribution in [1.29, 1.82) is 0 Å². The van der Waals surface area contributed by atoms with Gasteiger partial charge in [-0.25, -0.2) is 4.68 Å². The molecule has 0 radical (unpaired) electrons. The number of nitrogens with zero attached hydrogens (tertiary/aromatic N) is 3. The standard InChI is InChI=1S/C9H16N4O2/c1-9(2,7-14)6-10-8(15)5-13-4-3-11-12-13/h3-4,14H,5-7H2,1-2H3,(H,10,15). The number of carbonyl (C=O) groups is 1. The Labute approximate surface area is 88.3 Å². The Morgan fingerprint density at radius 2 is 2.33 bits per heavy atom. The van der Waals surface area contributed by atoms with Crippen molar-refractivity contribution in [3.8, 4) is 0 Å². The first-order valence-corrected chi connectivity index (χ1v) is 4.75. The molecule has 1 heterocycles. The molecule has 0 saturated carbocycles. The number of rotatable bonds is 5. The van der Waals surface area contributed by atoms with Gasteiger partial charge in [0.2, 0.25) is 5.91 Å². The molecule has 0 spiro atoms. The van der Waals surface area contributed by atoms with E-state index < -0.39 is 0 Å². The van der Waals surface area contributed by atoms with Crippen molar-refractivity contribution >= 4 is 5.91 Å². The van der Waals surface area contributed by atoms with Gasteiger partial charge in [0.1, 0.15) is 6.54 Å². The number of carbonyl (C=O) groups excluding carboxylic acids is 1. The zero-order valence-corrected chi connectivity index (χ0v) is 8.97. The van der Waals surface area contributed by atoms with Gasteiger partial charge >= 0.3 is 0 Å². The van der Waals surface area contributed by atoms with E-state index in [1.165, 1.54) is 10.9 Å². The van der Waals surface area contributed by atoms with Crippen LogP contribution in [0.5, 0.6) is 0 Å². The zero-order chi connectivity index (χ0) is 11.3. The number of aromatic nitrogens is 3. The van der Waals surface area contributed by atoms with Gasteiger partial charge in [0.25, 0.3) is 0 Å². The second-order valence-electron chi connectivity index (χ2n) is 4.20. The first kappa shape index (κ1) is 11.6. The maximum absolute atomic E-state index is 11.4. The molecular formula is C9H16N4O2. The molecule has 0 aliphatic carbocycles. The number of hydrogen-bond acceptors (Lipinski definition) is 4. The van der Waals surface area contributed by atoms with Crippen molar-refractivity contribution in [3.63, 3.8) is 0 Å². The molecule has 2 N–H and O–H groups in total. The van der Waals surface area contributed by atoms with Crippen LogP contribution in [0.15, 0.2) is 12.4 Å². The summed E-state index contributed by atoms with van der Waals surface area (Å²) in [6.45, 7) is 4.39. The Balaban J connectivity index is 2.31. The fourth-order valence-electron chi connectivity index (χ4n) is 0.914. The Bertz CT molecular complexity index is 308. The molecule has 0 atom stereocenters. The van der Waals surface area contributed by atoms with Crippen molar-refractivity contribution in [3.05, 3.63) is 12.4 Å². The minimum Gasteiger partial charge on any atom is -0.396 e. The average Bonchev–Trinajstić information content (AvgIpc) is 2.68. The predicted molar refractivity (Wildman–Crippen MR) is 53.9 cm³/mol. The molecule has 0 saturated heterocycles. The fraction of sp³-hybridized carbons (Fsp3) is 0.667. The highest BCUT2D eigenvalue weighted by molar-refractivity contribution is 5.75. The molecule has 0 fully saturated rings. The van der Waals surface area contributed by atoms with E-state index >= 15 is 0 Å². The van der Waals surface area contributed by atoms with Gasteiger partial charge in [-0.15, -0.1) is 5.10 Å². The molecule has 0 bridgehead atoms. The predicted octanol–water partition coefficient (Wildman–Crippen LogP) is -0.587. The van der Waals surface area contributed by atoms with Gasteiger partial charge in [-0.1, -0.05) is 19.1 Å². The summed E-state index contributed by atoms with van der Waals surface area (Å²) in [5.74, 6) is -0.137. The topological polar surface area (TPSA) is 80.0 Å². The lowest BCUT2D eigenvalue weighted by atomic mass is 9.95. The molecule has 0 aromatic carbocycles. The third-order valence-electron chi connectivity index (χ3n) is 1.97. The van der Waals surface area contributed by atoms with Gasteiger partial charge in [-0.05, 0) is 0 Å². The van der Waals surface area contributed by atoms with E-state index in [0.29, 0.717) is 6.54 Å². The third-order valence-corrected chi connectivity index (χ3v) is 1.97. The highest BCUT2D eigenvalue weighted by Crippen LogP contribution is 2.10. The van der Waals surface area contributed by atoms with Gasteiger partial charge < -0.3 is 10.4 Å². The van der Waals surface area contributed by atoms with Gasteiger partial charge in [0.05, 0.1) is 6.20 Å². The molecule has 84 valence electrons. The van der Waals surface area contributed by atoms with Crippen LogP contribution in [0.25, 0.3) is 0 Å². The second kappa shape index (κ2) is 4.88. The van der Waals surface area contributed by atoms with Crippen LogP contribution in [-0.4, -0.2) is 39.2 Å². The monoisotopic (exact) mass is 212 g/mol. The lowest BCUT2D eigenvalue weighted by Gasteiger charge is -2.21. The molecule has 1 aromatic rings. The smallest absolute Gasteiger partial charge is 0.241 e. The minimum absolute atomic E-state index is 0.0383. The van der Waals surface area contributed by atoms with Crippen molar-refractivity contribution < 1.29 is 9.90 Å². The van der Waals surface area contributed by atoms with E-state index in [4.69, 9.17) is 5.11 Å². The van der Waals surface area contributed by atoms with Crippen LogP contribution in [0, 0.1) is 5.41 Å². The van der Waals surface area contributed by atoms with Crippen molar-refractivity contribution in [2.45, 2.75) is 20.4 Å². The van der Waals surface area contributed by atoms with Crippen LogP contribution >= 0.6 is 0 Å². The summed E-state index contributed by atoms with van der Waals surface area (Å²) in [7, 11) is 0. The highest BCUT2D eigenvalue weighted by atomic mass is 16.3. The van der Waals surface area contributed by atoms with E-state index in [2.05, 4.69) is 15.6 Å².